The minimum Gasteiger partial charge on any atom is -0.495 e. The Kier molecular flexibility index (Phi) is 4.81. The van der Waals surface area contributed by atoms with E-state index < -0.39 is 0 Å². The molecule has 3 rings (SSSR count). The predicted molar refractivity (Wildman–Crippen MR) is 94.4 cm³/mol. The molecule has 2 unspecified atom stereocenters. The van der Waals surface area contributed by atoms with Crippen molar-refractivity contribution in [1.82, 2.24) is 4.90 Å². The van der Waals surface area contributed by atoms with Gasteiger partial charge in [0.25, 0.3) is 0 Å². The van der Waals surface area contributed by atoms with Crippen LogP contribution >= 0.6 is 31.9 Å². The minimum absolute atomic E-state index is 0.529. The van der Waals surface area contributed by atoms with E-state index in [1.165, 1.54) is 31.5 Å². The number of ether oxygens (including phenoxy) is 1. The van der Waals surface area contributed by atoms with Gasteiger partial charge in [0.15, 0.2) is 0 Å². The van der Waals surface area contributed by atoms with Crippen LogP contribution in [0.15, 0.2) is 21.1 Å². The zero-order valence-electron chi connectivity index (χ0n) is 12.6. The van der Waals surface area contributed by atoms with E-state index in [2.05, 4.69) is 60.7 Å². The molecule has 2 atom stereocenters. The maximum absolute atomic E-state index is 5.47. The molecule has 3 nitrogen and oxygen atoms in total. The van der Waals surface area contributed by atoms with Crippen molar-refractivity contribution >= 4 is 37.5 Å². The number of benzene rings is 1. The molecule has 2 aliphatic heterocycles. The fourth-order valence-electron chi connectivity index (χ4n) is 3.58. The Balaban J connectivity index is 1.88. The first-order valence-electron chi connectivity index (χ1n) is 7.64. The number of nitrogens with zero attached hydrogens (tertiary/aromatic N) is 2. The largest absolute Gasteiger partial charge is 0.495 e. The number of hydrogen-bond acceptors (Lipinski definition) is 3. The molecule has 0 N–H and O–H groups in total. The third-order valence-electron chi connectivity index (χ3n) is 4.72. The van der Waals surface area contributed by atoms with Gasteiger partial charge in [-0.1, -0.05) is 6.42 Å². The van der Waals surface area contributed by atoms with Crippen molar-refractivity contribution in [1.29, 1.82) is 0 Å². The lowest BCUT2D eigenvalue weighted by Gasteiger charge is -2.48. The summed E-state index contributed by atoms with van der Waals surface area (Å²) in [5.74, 6) is 0.895. The molecule has 0 aliphatic carbocycles. The van der Waals surface area contributed by atoms with Crippen LogP contribution < -0.4 is 9.64 Å². The number of hydrogen-bond donors (Lipinski definition) is 0. The van der Waals surface area contributed by atoms with E-state index in [1.54, 1.807) is 7.11 Å². The first kappa shape index (κ1) is 15.6. The van der Waals surface area contributed by atoms with Gasteiger partial charge in [0.2, 0.25) is 0 Å². The van der Waals surface area contributed by atoms with Crippen molar-refractivity contribution in [3.8, 4) is 5.75 Å². The van der Waals surface area contributed by atoms with Crippen molar-refractivity contribution in [2.75, 3.05) is 31.6 Å². The highest BCUT2D eigenvalue weighted by Crippen LogP contribution is 2.39. The SMILES string of the molecule is COc1cc(N2CC3CCCCN3CC2C)c(Br)cc1Br. The van der Waals surface area contributed by atoms with Crippen LogP contribution in [0.4, 0.5) is 5.69 Å². The topological polar surface area (TPSA) is 15.7 Å². The zero-order chi connectivity index (χ0) is 15.0. The van der Waals surface area contributed by atoms with E-state index in [1.807, 2.05) is 0 Å². The Labute approximate surface area is 143 Å². The zero-order valence-corrected chi connectivity index (χ0v) is 15.8. The fourth-order valence-corrected chi connectivity index (χ4v) is 4.97. The van der Waals surface area contributed by atoms with Crippen molar-refractivity contribution in [3.05, 3.63) is 21.1 Å². The van der Waals surface area contributed by atoms with Crippen LogP contribution in [0.25, 0.3) is 0 Å². The Morgan fingerprint density at radius 2 is 1.95 bits per heavy atom. The van der Waals surface area contributed by atoms with Gasteiger partial charge in [-0.15, -0.1) is 0 Å². The molecule has 2 fully saturated rings. The summed E-state index contributed by atoms with van der Waals surface area (Å²) in [6.07, 6.45) is 4.06. The second-order valence-corrected chi connectivity index (χ2v) is 7.79. The molecular weight excluding hydrogens is 396 g/mol. The molecule has 2 saturated heterocycles. The Morgan fingerprint density at radius 3 is 2.71 bits per heavy atom. The average Bonchev–Trinajstić information content (AvgIpc) is 2.47. The monoisotopic (exact) mass is 416 g/mol. The summed E-state index contributed by atoms with van der Waals surface area (Å²) in [5, 5.41) is 0. The Morgan fingerprint density at radius 1 is 1.14 bits per heavy atom. The maximum atomic E-state index is 5.47. The molecule has 1 aromatic carbocycles. The average molecular weight is 418 g/mol. The smallest absolute Gasteiger partial charge is 0.135 e. The van der Waals surface area contributed by atoms with Gasteiger partial charge in [-0.25, -0.2) is 0 Å². The summed E-state index contributed by atoms with van der Waals surface area (Å²) in [7, 11) is 1.72. The van der Waals surface area contributed by atoms with E-state index >= 15 is 0 Å². The van der Waals surface area contributed by atoms with E-state index in [0.29, 0.717) is 12.1 Å². The van der Waals surface area contributed by atoms with Gasteiger partial charge in [0, 0.05) is 35.7 Å². The van der Waals surface area contributed by atoms with Crippen LogP contribution in [-0.2, 0) is 0 Å². The van der Waals surface area contributed by atoms with Gasteiger partial charge in [-0.3, -0.25) is 4.90 Å². The molecule has 0 amide bonds. The Bertz CT molecular complexity index is 523. The molecule has 1 aromatic rings. The molecular formula is C16H22Br2N2O. The van der Waals surface area contributed by atoms with Gasteiger partial charge in [-0.05, 0) is 64.2 Å². The van der Waals surface area contributed by atoms with E-state index in [-0.39, 0.29) is 0 Å². The van der Waals surface area contributed by atoms with Gasteiger partial charge in [0.1, 0.15) is 5.75 Å². The van der Waals surface area contributed by atoms with Crippen LogP contribution in [0.1, 0.15) is 26.2 Å². The van der Waals surface area contributed by atoms with Crippen molar-refractivity contribution < 1.29 is 4.74 Å². The molecule has 0 bridgehead atoms. The molecule has 2 heterocycles. The standard InChI is InChI=1S/C16H22Br2N2O/c1-11-9-19-6-4-3-5-12(19)10-20(11)15-8-16(21-2)14(18)7-13(15)17/h7-8,11-12H,3-6,9-10H2,1-2H3. The van der Waals surface area contributed by atoms with Crippen molar-refractivity contribution in [2.45, 2.75) is 38.3 Å². The molecule has 0 saturated carbocycles. The molecule has 0 spiro atoms. The second kappa shape index (κ2) is 6.47. The molecule has 5 heteroatoms. The Hall–Kier alpha value is -0.260. The van der Waals surface area contributed by atoms with E-state index in [0.717, 1.165) is 27.8 Å². The molecule has 0 radical (unpaired) electrons. The highest BCUT2D eigenvalue weighted by molar-refractivity contribution is 9.11. The number of piperazine rings is 1. The number of anilines is 1. The summed E-state index contributed by atoms with van der Waals surface area (Å²) < 4.78 is 7.59. The molecule has 116 valence electrons. The number of piperidine rings is 1. The number of methoxy groups -OCH3 is 1. The highest BCUT2D eigenvalue weighted by atomic mass is 79.9. The quantitative estimate of drug-likeness (QED) is 0.713. The summed E-state index contributed by atoms with van der Waals surface area (Å²) >= 11 is 7.27. The van der Waals surface area contributed by atoms with Gasteiger partial charge < -0.3 is 9.64 Å². The van der Waals surface area contributed by atoms with Crippen molar-refractivity contribution in [3.63, 3.8) is 0 Å². The summed E-state index contributed by atoms with van der Waals surface area (Å²) in [4.78, 5) is 5.21. The van der Waals surface area contributed by atoms with Crippen LogP contribution in [0.3, 0.4) is 0 Å². The molecule has 2 aliphatic rings. The maximum Gasteiger partial charge on any atom is 0.135 e. The first-order valence-corrected chi connectivity index (χ1v) is 9.22. The molecule has 21 heavy (non-hydrogen) atoms. The highest BCUT2D eigenvalue weighted by Gasteiger charge is 2.33. The van der Waals surface area contributed by atoms with Crippen LogP contribution in [0.5, 0.6) is 5.75 Å². The second-order valence-electron chi connectivity index (χ2n) is 6.08. The number of halogens is 2. The van der Waals surface area contributed by atoms with Gasteiger partial charge >= 0.3 is 0 Å². The normalized spacial score (nSPS) is 26.6. The lowest BCUT2D eigenvalue weighted by Crippen LogP contribution is -2.58. The molecule has 0 aromatic heterocycles. The van der Waals surface area contributed by atoms with Crippen LogP contribution in [-0.4, -0.2) is 43.7 Å². The number of fused-ring (bicyclic) bond motifs is 1. The fraction of sp³-hybridized carbons (Fsp3) is 0.625. The first-order chi connectivity index (χ1) is 10.1. The van der Waals surface area contributed by atoms with Crippen LogP contribution in [0.2, 0.25) is 0 Å². The minimum atomic E-state index is 0.529. The lowest BCUT2D eigenvalue weighted by atomic mass is 9.96. The number of rotatable bonds is 2. The third-order valence-corrected chi connectivity index (χ3v) is 5.97. The van der Waals surface area contributed by atoms with Crippen LogP contribution in [0, 0.1) is 0 Å². The van der Waals surface area contributed by atoms with Crippen molar-refractivity contribution in [2.24, 2.45) is 0 Å². The predicted octanol–water partition coefficient (Wildman–Crippen LogP) is 4.28. The van der Waals surface area contributed by atoms with E-state index in [4.69, 9.17) is 4.74 Å². The summed E-state index contributed by atoms with van der Waals surface area (Å²) in [6.45, 7) is 5.87. The van der Waals surface area contributed by atoms with E-state index in [9.17, 15) is 0 Å². The van der Waals surface area contributed by atoms with Gasteiger partial charge in [0.05, 0.1) is 17.3 Å². The van der Waals surface area contributed by atoms with Gasteiger partial charge in [-0.2, -0.15) is 0 Å². The third kappa shape index (κ3) is 3.10. The summed E-state index contributed by atoms with van der Waals surface area (Å²) in [6, 6.07) is 5.47. The summed E-state index contributed by atoms with van der Waals surface area (Å²) in [5.41, 5.74) is 1.24. The lowest BCUT2D eigenvalue weighted by molar-refractivity contribution is 0.115.